The van der Waals surface area contributed by atoms with Gasteiger partial charge in [-0.25, -0.2) is 9.48 Å². The lowest BCUT2D eigenvalue weighted by Gasteiger charge is -1.98. The zero-order valence-electron chi connectivity index (χ0n) is 9.98. The van der Waals surface area contributed by atoms with E-state index < -0.39 is 5.97 Å². The number of carbonyl (C=O) groups excluding carboxylic acids is 1. The number of nitrogens with zero attached hydrogens (tertiary/aromatic N) is 2. The first kappa shape index (κ1) is 11.4. The first-order valence-corrected chi connectivity index (χ1v) is 5.74. The third-order valence-corrected chi connectivity index (χ3v) is 2.87. The summed E-state index contributed by atoms with van der Waals surface area (Å²) in [5.74, 6) is 4.30. The molecule has 0 saturated heterocycles. The lowest BCUT2D eigenvalue weighted by atomic mass is 10.2. The zero-order valence-corrected chi connectivity index (χ0v) is 9.98. The quantitative estimate of drug-likeness (QED) is 0.710. The van der Waals surface area contributed by atoms with E-state index in [4.69, 9.17) is 5.90 Å². The van der Waals surface area contributed by atoms with Gasteiger partial charge in [-0.15, -0.1) is 0 Å². The van der Waals surface area contributed by atoms with Gasteiger partial charge in [0, 0.05) is 11.6 Å². The van der Waals surface area contributed by atoms with E-state index in [9.17, 15) is 4.79 Å². The second kappa shape index (κ2) is 4.55. The van der Waals surface area contributed by atoms with Gasteiger partial charge in [0.1, 0.15) is 0 Å². The summed E-state index contributed by atoms with van der Waals surface area (Å²) in [5.41, 5.74) is 2.06. The Morgan fingerprint density at radius 1 is 1.16 bits per heavy atom. The van der Waals surface area contributed by atoms with Gasteiger partial charge in [-0.3, -0.25) is 0 Å². The lowest BCUT2D eigenvalue weighted by Crippen LogP contribution is -2.09. The Kier molecular flexibility index (Phi) is 2.74. The van der Waals surface area contributed by atoms with Crippen molar-refractivity contribution in [2.75, 3.05) is 0 Å². The predicted octanol–water partition coefficient (Wildman–Crippen LogP) is 2.06. The van der Waals surface area contributed by atoms with Gasteiger partial charge in [0.05, 0.1) is 16.8 Å². The Labute approximate surface area is 109 Å². The highest BCUT2D eigenvalue weighted by atomic mass is 16.7. The largest absolute Gasteiger partial charge is 0.370 e. The van der Waals surface area contributed by atoms with Gasteiger partial charge in [-0.2, -0.15) is 11.0 Å². The molecule has 94 valence electrons. The zero-order chi connectivity index (χ0) is 13.2. The van der Waals surface area contributed by atoms with E-state index in [1.54, 1.807) is 16.8 Å². The average molecular weight is 253 g/mol. The molecule has 0 atom stereocenters. The fourth-order valence-electron chi connectivity index (χ4n) is 1.92. The van der Waals surface area contributed by atoms with Crippen LogP contribution in [0.25, 0.3) is 16.6 Å². The maximum Gasteiger partial charge on any atom is 0.356 e. The molecule has 0 fully saturated rings. The Morgan fingerprint density at radius 2 is 1.95 bits per heavy atom. The minimum Gasteiger partial charge on any atom is -0.370 e. The fraction of sp³-hybridized carbons (Fsp3) is 0. The fourth-order valence-corrected chi connectivity index (χ4v) is 1.92. The molecule has 0 spiro atoms. The molecule has 0 unspecified atom stereocenters. The summed E-state index contributed by atoms with van der Waals surface area (Å²) in [6.07, 6.45) is 1.90. The number of hydrogen-bond acceptors (Lipinski definition) is 4. The lowest BCUT2D eigenvalue weighted by molar-refractivity contribution is 0.0503. The predicted molar refractivity (Wildman–Crippen MR) is 70.7 cm³/mol. The number of hydrogen-bond donors (Lipinski definition) is 1. The van der Waals surface area contributed by atoms with Crippen LogP contribution in [-0.4, -0.2) is 15.7 Å². The van der Waals surface area contributed by atoms with Crippen LogP contribution >= 0.6 is 0 Å². The number of aromatic nitrogens is 2. The van der Waals surface area contributed by atoms with Gasteiger partial charge in [0.25, 0.3) is 0 Å². The molecule has 5 nitrogen and oxygen atoms in total. The Hall–Kier alpha value is -2.66. The molecule has 0 saturated carbocycles. The maximum atomic E-state index is 11.4. The summed E-state index contributed by atoms with van der Waals surface area (Å²) in [6.45, 7) is 0. The van der Waals surface area contributed by atoms with Gasteiger partial charge < -0.3 is 4.84 Å². The standard InChI is InChI=1S/C14H11N3O2/c15-19-14(18)10-6-7-11-9-17(16-13(11)8-10)12-4-2-1-3-5-12/h1-9H,15H2. The molecule has 0 amide bonds. The first-order valence-electron chi connectivity index (χ1n) is 5.74. The molecule has 2 aromatic carbocycles. The second-order valence-corrected chi connectivity index (χ2v) is 4.09. The molecule has 5 heteroatoms. The van der Waals surface area contributed by atoms with Crippen LogP contribution in [0.1, 0.15) is 10.4 Å². The highest BCUT2D eigenvalue weighted by Crippen LogP contribution is 2.17. The summed E-state index contributed by atoms with van der Waals surface area (Å²) in [5, 5.41) is 5.37. The molecule has 0 radical (unpaired) electrons. The third kappa shape index (κ3) is 2.07. The van der Waals surface area contributed by atoms with Gasteiger partial charge in [0.2, 0.25) is 0 Å². The van der Waals surface area contributed by atoms with Crippen LogP contribution in [0.3, 0.4) is 0 Å². The Bertz CT molecular complexity index is 735. The van der Waals surface area contributed by atoms with Gasteiger partial charge in [0.15, 0.2) is 0 Å². The maximum absolute atomic E-state index is 11.4. The molecule has 1 heterocycles. The van der Waals surface area contributed by atoms with Crippen molar-refractivity contribution in [1.82, 2.24) is 9.78 Å². The molecule has 3 rings (SSSR count). The number of para-hydroxylation sites is 1. The van der Waals surface area contributed by atoms with Crippen LogP contribution in [0, 0.1) is 0 Å². The van der Waals surface area contributed by atoms with E-state index in [1.807, 2.05) is 42.6 Å². The van der Waals surface area contributed by atoms with Crippen molar-refractivity contribution in [3.63, 3.8) is 0 Å². The van der Waals surface area contributed by atoms with Crippen molar-refractivity contribution < 1.29 is 9.63 Å². The minimum absolute atomic E-state index is 0.383. The summed E-state index contributed by atoms with van der Waals surface area (Å²) in [7, 11) is 0. The average Bonchev–Trinajstić information content (AvgIpc) is 2.90. The van der Waals surface area contributed by atoms with Crippen LogP contribution in [-0.2, 0) is 4.84 Å². The number of carbonyl (C=O) groups is 1. The normalized spacial score (nSPS) is 10.6. The van der Waals surface area contributed by atoms with E-state index in [2.05, 4.69) is 9.94 Å². The third-order valence-electron chi connectivity index (χ3n) is 2.87. The van der Waals surface area contributed by atoms with Gasteiger partial charge in [-0.1, -0.05) is 24.3 Å². The molecular weight excluding hydrogens is 242 g/mol. The van der Waals surface area contributed by atoms with Gasteiger partial charge >= 0.3 is 5.97 Å². The highest BCUT2D eigenvalue weighted by molar-refractivity contribution is 5.94. The van der Waals surface area contributed by atoms with Gasteiger partial charge in [-0.05, 0) is 24.3 Å². The summed E-state index contributed by atoms with van der Waals surface area (Å²) in [6, 6.07) is 14.9. The molecule has 3 aromatic rings. The van der Waals surface area contributed by atoms with Crippen molar-refractivity contribution in [3.8, 4) is 5.69 Å². The van der Waals surface area contributed by atoms with Crippen molar-refractivity contribution in [2.45, 2.75) is 0 Å². The smallest absolute Gasteiger partial charge is 0.356 e. The second-order valence-electron chi connectivity index (χ2n) is 4.09. The van der Waals surface area contributed by atoms with Crippen LogP contribution in [0.15, 0.2) is 54.7 Å². The topological polar surface area (TPSA) is 70.1 Å². The first-order chi connectivity index (χ1) is 9.28. The summed E-state index contributed by atoms with van der Waals surface area (Å²) < 4.78 is 1.77. The van der Waals surface area contributed by atoms with Crippen molar-refractivity contribution in [2.24, 2.45) is 5.90 Å². The van der Waals surface area contributed by atoms with E-state index >= 15 is 0 Å². The van der Waals surface area contributed by atoms with Crippen molar-refractivity contribution in [3.05, 3.63) is 60.3 Å². The molecule has 2 N–H and O–H groups in total. The van der Waals surface area contributed by atoms with E-state index in [-0.39, 0.29) is 0 Å². The molecule has 0 aliphatic heterocycles. The molecule has 1 aromatic heterocycles. The molecular formula is C14H11N3O2. The van der Waals surface area contributed by atoms with E-state index in [0.29, 0.717) is 11.1 Å². The van der Waals surface area contributed by atoms with Crippen LogP contribution in [0.2, 0.25) is 0 Å². The number of fused-ring (bicyclic) bond motifs is 1. The van der Waals surface area contributed by atoms with Crippen LogP contribution in [0.4, 0.5) is 0 Å². The monoisotopic (exact) mass is 253 g/mol. The summed E-state index contributed by atoms with van der Waals surface area (Å²) in [4.78, 5) is 15.6. The highest BCUT2D eigenvalue weighted by Gasteiger charge is 2.09. The van der Waals surface area contributed by atoms with Crippen LogP contribution < -0.4 is 5.90 Å². The van der Waals surface area contributed by atoms with Crippen molar-refractivity contribution >= 4 is 16.9 Å². The Morgan fingerprint density at radius 3 is 2.68 bits per heavy atom. The van der Waals surface area contributed by atoms with E-state index in [0.717, 1.165) is 11.1 Å². The van der Waals surface area contributed by atoms with Crippen LogP contribution in [0.5, 0.6) is 0 Å². The Balaban J connectivity index is 2.09. The molecule has 0 bridgehead atoms. The molecule has 0 aliphatic carbocycles. The number of nitrogens with two attached hydrogens (primary N) is 1. The SMILES string of the molecule is NOC(=O)c1ccc2cn(-c3ccccc3)nc2c1. The number of rotatable bonds is 2. The van der Waals surface area contributed by atoms with E-state index in [1.165, 1.54) is 0 Å². The van der Waals surface area contributed by atoms with Crippen molar-refractivity contribution in [1.29, 1.82) is 0 Å². The molecule has 19 heavy (non-hydrogen) atoms. The number of benzene rings is 2. The summed E-state index contributed by atoms with van der Waals surface area (Å²) >= 11 is 0. The minimum atomic E-state index is -0.573. The molecule has 0 aliphatic rings.